The smallest absolute Gasteiger partial charge is 0.0702 e. The molecule has 116 valence electrons. The highest BCUT2D eigenvalue weighted by atomic mass is 16.5. The largest absolute Gasteiger partial charge is 0.377 e. The second kappa shape index (κ2) is 7.39. The summed E-state index contributed by atoms with van der Waals surface area (Å²) < 4.78 is 5.83. The molecule has 3 nitrogen and oxygen atoms in total. The van der Waals surface area contributed by atoms with Crippen LogP contribution in [0.25, 0.3) is 0 Å². The number of nitrogens with one attached hydrogen (secondary N) is 1. The molecule has 1 aromatic carbocycles. The summed E-state index contributed by atoms with van der Waals surface area (Å²) in [5.41, 5.74) is 2.81. The van der Waals surface area contributed by atoms with Gasteiger partial charge in [-0.1, -0.05) is 24.3 Å². The van der Waals surface area contributed by atoms with Crippen LogP contribution >= 0.6 is 0 Å². The minimum atomic E-state index is 0.434. The Kier molecular flexibility index (Phi) is 5.28. The van der Waals surface area contributed by atoms with Crippen LogP contribution in [0, 0.1) is 0 Å². The van der Waals surface area contributed by atoms with E-state index in [1.165, 1.54) is 43.2 Å². The van der Waals surface area contributed by atoms with Crippen molar-refractivity contribution < 1.29 is 4.74 Å². The van der Waals surface area contributed by atoms with E-state index in [2.05, 4.69) is 41.5 Å². The zero-order valence-electron chi connectivity index (χ0n) is 13.2. The first-order chi connectivity index (χ1) is 10.3. The van der Waals surface area contributed by atoms with Gasteiger partial charge in [-0.05, 0) is 50.3 Å². The fraction of sp³-hybridized carbons (Fsp3) is 0.667. The number of rotatable bonds is 7. The molecule has 2 fully saturated rings. The molecule has 1 heterocycles. The first kappa shape index (κ1) is 15.0. The third kappa shape index (κ3) is 5.10. The molecule has 3 heteroatoms. The lowest BCUT2D eigenvalue weighted by atomic mass is 10.1. The molecule has 0 radical (unpaired) electrons. The van der Waals surface area contributed by atoms with Crippen molar-refractivity contribution >= 4 is 0 Å². The van der Waals surface area contributed by atoms with Crippen molar-refractivity contribution in [1.29, 1.82) is 0 Å². The molecule has 1 unspecified atom stereocenters. The molecule has 0 bridgehead atoms. The molecular weight excluding hydrogens is 260 g/mol. The zero-order valence-corrected chi connectivity index (χ0v) is 13.2. The van der Waals surface area contributed by atoms with Crippen molar-refractivity contribution in [3.8, 4) is 0 Å². The third-order valence-corrected chi connectivity index (χ3v) is 4.41. The van der Waals surface area contributed by atoms with Gasteiger partial charge in [0.2, 0.25) is 0 Å². The van der Waals surface area contributed by atoms with Gasteiger partial charge in [0.15, 0.2) is 0 Å². The normalized spacial score (nSPS) is 22.7. The molecule has 1 aliphatic heterocycles. The van der Waals surface area contributed by atoms with E-state index in [-0.39, 0.29) is 0 Å². The maximum atomic E-state index is 5.83. The van der Waals surface area contributed by atoms with Gasteiger partial charge in [0.05, 0.1) is 6.10 Å². The fourth-order valence-corrected chi connectivity index (χ4v) is 3.06. The van der Waals surface area contributed by atoms with Crippen molar-refractivity contribution in [3.05, 3.63) is 35.4 Å². The molecule has 21 heavy (non-hydrogen) atoms. The maximum Gasteiger partial charge on any atom is 0.0702 e. The predicted molar refractivity (Wildman–Crippen MR) is 86.2 cm³/mol. The zero-order chi connectivity index (χ0) is 14.5. The molecule has 1 aromatic rings. The van der Waals surface area contributed by atoms with Crippen LogP contribution in [0.5, 0.6) is 0 Å². The molecule has 2 aliphatic rings. The molecule has 0 aromatic heterocycles. The van der Waals surface area contributed by atoms with Crippen molar-refractivity contribution in [1.82, 2.24) is 10.2 Å². The van der Waals surface area contributed by atoms with Gasteiger partial charge >= 0.3 is 0 Å². The summed E-state index contributed by atoms with van der Waals surface area (Å²) in [7, 11) is 2.20. The standard InChI is InChI=1S/C18H28N2O/c1-20(14-18-7-2-3-10-21-18)13-16-6-4-5-15(11-16)12-19-17-8-9-17/h4-6,11,17-19H,2-3,7-10,12-14H2,1H3. The Morgan fingerprint density at radius 1 is 1.19 bits per heavy atom. The lowest BCUT2D eigenvalue weighted by molar-refractivity contribution is -0.00259. The van der Waals surface area contributed by atoms with Crippen LogP contribution in [-0.4, -0.2) is 37.2 Å². The average molecular weight is 288 g/mol. The quantitative estimate of drug-likeness (QED) is 0.835. The summed E-state index contributed by atoms with van der Waals surface area (Å²) in [5, 5.41) is 3.59. The lowest BCUT2D eigenvalue weighted by Gasteiger charge is -2.27. The molecular formula is C18H28N2O. The Bertz CT molecular complexity index is 439. The van der Waals surface area contributed by atoms with E-state index in [0.717, 1.165) is 32.3 Å². The van der Waals surface area contributed by atoms with E-state index in [1.807, 2.05) is 0 Å². The molecule has 1 N–H and O–H groups in total. The highest BCUT2D eigenvalue weighted by molar-refractivity contribution is 5.23. The molecule has 1 saturated heterocycles. The first-order valence-electron chi connectivity index (χ1n) is 8.41. The van der Waals surface area contributed by atoms with E-state index < -0.39 is 0 Å². The van der Waals surface area contributed by atoms with Gasteiger partial charge in [-0.3, -0.25) is 4.90 Å². The Morgan fingerprint density at radius 3 is 2.81 bits per heavy atom. The number of hydrogen-bond acceptors (Lipinski definition) is 3. The topological polar surface area (TPSA) is 24.5 Å². The summed E-state index contributed by atoms with van der Waals surface area (Å²) >= 11 is 0. The predicted octanol–water partition coefficient (Wildman–Crippen LogP) is 2.94. The molecule has 1 saturated carbocycles. The van der Waals surface area contributed by atoms with Crippen molar-refractivity contribution in [3.63, 3.8) is 0 Å². The lowest BCUT2D eigenvalue weighted by Crippen LogP contribution is -2.33. The highest BCUT2D eigenvalue weighted by Gasteiger charge is 2.20. The Labute approximate surface area is 128 Å². The minimum absolute atomic E-state index is 0.434. The van der Waals surface area contributed by atoms with E-state index in [9.17, 15) is 0 Å². The summed E-state index contributed by atoms with van der Waals surface area (Å²) in [6, 6.07) is 9.76. The molecule has 1 atom stereocenters. The number of hydrogen-bond donors (Lipinski definition) is 1. The van der Waals surface area contributed by atoms with Gasteiger partial charge in [-0.15, -0.1) is 0 Å². The van der Waals surface area contributed by atoms with E-state index >= 15 is 0 Å². The maximum absolute atomic E-state index is 5.83. The summed E-state index contributed by atoms with van der Waals surface area (Å²) in [4.78, 5) is 2.39. The molecule has 0 amide bonds. The van der Waals surface area contributed by atoms with Crippen LogP contribution in [0.4, 0.5) is 0 Å². The van der Waals surface area contributed by atoms with Gasteiger partial charge in [-0.2, -0.15) is 0 Å². The van der Waals surface area contributed by atoms with Gasteiger partial charge in [0.1, 0.15) is 0 Å². The SMILES string of the molecule is CN(Cc1cccc(CNC2CC2)c1)CC1CCCCO1. The van der Waals surface area contributed by atoms with Crippen molar-refractivity contribution in [2.45, 2.75) is 57.3 Å². The van der Waals surface area contributed by atoms with Gasteiger partial charge in [0.25, 0.3) is 0 Å². The molecule has 3 rings (SSSR count). The first-order valence-corrected chi connectivity index (χ1v) is 8.41. The summed E-state index contributed by atoms with van der Waals surface area (Å²) in [6.07, 6.45) is 6.91. The number of likely N-dealkylation sites (N-methyl/N-ethyl adjacent to an activating group) is 1. The monoisotopic (exact) mass is 288 g/mol. The number of benzene rings is 1. The van der Waals surface area contributed by atoms with Crippen LogP contribution in [0.2, 0.25) is 0 Å². The van der Waals surface area contributed by atoms with Crippen LogP contribution in [0.1, 0.15) is 43.2 Å². The summed E-state index contributed by atoms with van der Waals surface area (Å²) in [6.45, 7) is 4.01. The highest BCUT2D eigenvalue weighted by Crippen LogP contribution is 2.19. The van der Waals surface area contributed by atoms with Crippen LogP contribution in [0.15, 0.2) is 24.3 Å². The van der Waals surface area contributed by atoms with Crippen LogP contribution in [-0.2, 0) is 17.8 Å². The fourth-order valence-electron chi connectivity index (χ4n) is 3.06. The van der Waals surface area contributed by atoms with Crippen LogP contribution < -0.4 is 5.32 Å². The van der Waals surface area contributed by atoms with Crippen molar-refractivity contribution in [2.75, 3.05) is 20.2 Å². The Balaban J connectivity index is 1.47. The summed E-state index contributed by atoms with van der Waals surface area (Å²) in [5.74, 6) is 0. The third-order valence-electron chi connectivity index (χ3n) is 4.41. The second-order valence-corrected chi connectivity index (χ2v) is 6.66. The number of ether oxygens (including phenoxy) is 1. The van der Waals surface area contributed by atoms with E-state index in [4.69, 9.17) is 4.74 Å². The van der Waals surface area contributed by atoms with Gasteiger partial charge in [-0.25, -0.2) is 0 Å². The molecule has 0 spiro atoms. The molecule has 1 aliphatic carbocycles. The number of nitrogens with zero attached hydrogens (tertiary/aromatic N) is 1. The van der Waals surface area contributed by atoms with Crippen LogP contribution in [0.3, 0.4) is 0 Å². The van der Waals surface area contributed by atoms with Crippen molar-refractivity contribution in [2.24, 2.45) is 0 Å². The van der Waals surface area contributed by atoms with E-state index in [0.29, 0.717) is 6.10 Å². The van der Waals surface area contributed by atoms with Gasteiger partial charge < -0.3 is 10.1 Å². The van der Waals surface area contributed by atoms with E-state index in [1.54, 1.807) is 0 Å². The Morgan fingerprint density at radius 2 is 2.05 bits per heavy atom. The second-order valence-electron chi connectivity index (χ2n) is 6.66. The van der Waals surface area contributed by atoms with Gasteiger partial charge in [0, 0.05) is 32.3 Å². The Hall–Kier alpha value is -0.900. The minimum Gasteiger partial charge on any atom is -0.377 e. The average Bonchev–Trinajstić information content (AvgIpc) is 3.31.